The van der Waals surface area contributed by atoms with Crippen LogP contribution >= 0.6 is 0 Å². The molecule has 2 fully saturated rings. The van der Waals surface area contributed by atoms with Crippen LogP contribution in [0.3, 0.4) is 0 Å². The van der Waals surface area contributed by atoms with E-state index in [1.807, 2.05) is 24.3 Å². The van der Waals surface area contributed by atoms with E-state index in [2.05, 4.69) is 37.7 Å². The van der Waals surface area contributed by atoms with Crippen LogP contribution in [0.2, 0.25) is 0 Å². The summed E-state index contributed by atoms with van der Waals surface area (Å²) in [5, 5.41) is 29.5. The van der Waals surface area contributed by atoms with Gasteiger partial charge in [-0.2, -0.15) is 5.10 Å². The van der Waals surface area contributed by atoms with Crippen LogP contribution in [0.4, 0.5) is 5.82 Å². The largest absolute Gasteiger partial charge is 0.507 e. The van der Waals surface area contributed by atoms with Gasteiger partial charge in [-0.05, 0) is 48.6 Å². The summed E-state index contributed by atoms with van der Waals surface area (Å²) >= 11 is 0. The van der Waals surface area contributed by atoms with Gasteiger partial charge in [0.05, 0.1) is 11.9 Å². The van der Waals surface area contributed by atoms with Crippen molar-refractivity contribution in [2.45, 2.75) is 24.9 Å². The first kappa shape index (κ1) is 16.3. The number of phenols is 1. The Bertz CT molecular complexity index is 940. The number of hydrogen-bond donors (Lipinski definition) is 3. The van der Waals surface area contributed by atoms with Crippen LogP contribution in [-0.2, 0) is 0 Å². The SMILES string of the molecule is CN(c1ccc(-c2ccc(-c3cn[nH]c3)cc2O)nn1)[C@H]1C[C@@H]2C[C@H]1CN2. The van der Waals surface area contributed by atoms with Crippen molar-refractivity contribution < 1.29 is 5.11 Å². The van der Waals surface area contributed by atoms with Gasteiger partial charge < -0.3 is 15.3 Å². The Balaban J connectivity index is 1.37. The van der Waals surface area contributed by atoms with Crippen molar-refractivity contribution in [3.05, 3.63) is 42.7 Å². The fourth-order valence-electron chi connectivity index (χ4n) is 4.44. The summed E-state index contributed by atoms with van der Waals surface area (Å²) in [6.07, 6.45) is 5.95. The quantitative estimate of drug-likeness (QED) is 0.660. The lowest BCUT2D eigenvalue weighted by atomic mass is 10.0. The summed E-state index contributed by atoms with van der Waals surface area (Å²) in [6, 6.07) is 10.6. The van der Waals surface area contributed by atoms with E-state index < -0.39 is 0 Å². The van der Waals surface area contributed by atoms with Crippen molar-refractivity contribution in [2.24, 2.45) is 5.92 Å². The number of hydrogen-bond acceptors (Lipinski definition) is 6. The van der Waals surface area contributed by atoms with Crippen molar-refractivity contribution in [3.8, 4) is 28.1 Å². The van der Waals surface area contributed by atoms with Crippen LogP contribution in [0.25, 0.3) is 22.4 Å². The number of fused-ring (bicyclic) bond motifs is 2. The number of phenolic OH excluding ortho intramolecular Hbond substituents is 1. The summed E-state index contributed by atoms with van der Waals surface area (Å²) in [5.74, 6) is 1.76. The minimum Gasteiger partial charge on any atom is -0.507 e. The Hall–Kier alpha value is -2.93. The van der Waals surface area contributed by atoms with Gasteiger partial charge in [0.15, 0.2) is 5.82 Å². The van der Waals surface area contributed by atoms with Crippen LogP contribution in [0.15, 0.2) is 42.7 Å². The maximum atomic E-state index is 10.5. The normalized spacial score (nSPS) is 23.7. The lowest BCUT2D eigenvalue weighted by Gasteiger charge is -2.32. The van der Waals surface area contributed by atoms with Crippen molar-refractivity contribution in [1.82, 2.24) is 25.7 Å². The lowest BCUT2D eigenvalue weighted by Crippen LogP contribution is -2.43. The molecule has 1 saturated heterocycles. The van der Waals surface area contributed by atoms with E-state index in [9.17, 15) is 5.11 Å². The summed E-state index contributed by atoms with van der Waals surface area (Å²) in [5.41, 5.74) is 3.17. The topological polar surface area (TPSA) is 90.0 Å². The summed E-state index contributed by atoms with van der Waals surface area (Å²) in [7, 11) is 2.10. The van der Waals surface area contributed by atoms with Crippen LogP contribution < -0.4 is 10.2 Å². The van der Waals surface area contributed by atoms with Crippen molar-refractivity contribution in [3.63, 3.8) is 0 Å². The smallest absolute Gasteiger partial charge is 0.151 e. The van der Waals surface area contributed by atoms with Crippen molar-refractivity contribution in [1.29, 1.82) is 0 Å². The molecule has 1 aromatic carbocycles. The monoisotopic (exact) mass is 362 g/mol. The van der Waals surface area contributed by atoms with Gasteiger partial charge in [-0.3, -0.25) is 5.10 Å². The molecule has 7 nitrogen and oxygen atoms in total. The molecule has 3 heterocycles. The highest BCUT2D eigenvalue weighted by molar-refractivity contribution is 5.73. The molecular formula is C20H22N6O. The highest BCUT2D eigenvalue weighted by atomic mass is 16.3. The number of anilines is 1. The van der Waals surface area contributed by atoms with Crippen molar-refractivity contribution >= 4 is 5.82 Å². The van der Waals surface area contributed by atoms with Gasteiger partial charge in [0, 0.05) is 43.0 Å². The van der Waals surface area contributed by atoms with E-state index in [1.54, 1.807) is 18.5 Å². The molecule has 0 unspecified atom stereocenters. The molecule has 2 aliphatic rings. The number of aromatic hydroxyl groups is 1. The fraction of sp³-hybridized carbons (Fsp3) is 0.350. The number of nitrogens with one attached hydrogen (secondary N) is 2. The molecule has 2 bridgehead atoms. The van der Waals surface area contributed by atoms with E-state index in [4.69, 9.17) is 0 Å². The summed E-state index contributed by atoms with van der Waals surface area (Å²) in [6.45, 7) is 1.10. The highest BCUT2D eigenvalue weighted by Crippen LogP contribution is 2.36. The molecule has 5 rings (SSSR count). The number of rotatable bonds is 4. The Morgan fingerprint density at radius 2 is 2.04 bits per heavy atom. The Morgan fingerprint density at radius 3 is 2.67 bits per heavy atom. The van der Waals surface area contributed by atoms with Gasteiger partial charge in [-0.25, -0.2) is 0 Å². The Kier molecular flexibility index (Phi) is 3.82. The molecule has 0 spiro atoms. The first-order valence-electron chi connectivity index (χ1n) is 9.31. The van der Waals surface area contributed by atoms with Gasteiger partial charge >= 0.3 is 0 Å². The molecule has 2 aromatic heterocycles. The van der Waals surface area contributed by atoms with Crippen LogP contribution in [0.1, 0.15) is 12.8 Å². The fourth-order valence-corrected chi connectivity index (χ4v) is 4.44. The van der Waals surface area contributed by atoms with Gasteiger partial charge in [-0.1, -0.05) is 6.07 Å². The molecular weight excluding hydrogens is 340 g/mol. The molecule has 1 aliphatic carbocycles. The second-order valence-corrected chi connectivity index (χ2v) is 7.51. The van der Waals surface area contributed by atoms with E-state index >= 15 is 0 Å². The number of nitrogens with zero attached hydrogens (tertiary/aromatic N) is 4. The van der Waals surface area contributed by atoms with Gasteiger partial charge in [0.1, 0.15) is 5.75 Å². The van der Waals surface area contributed by atoms with E-state index in [0.717, 1.165) is 23.5 Å². The predicted octanol–water partition coefficient (Wildman–Crippen LogP) is 2.43. The predicted molar refractivity (Wildman–Crippen MR) is 103 cm³/mol. The minimum absolute atomic E-state index is 0.184. The first-order valence-corrected chi connectivity index (χ1v) is 9.31. The molecule has 0 amide bonds. The second kappa shape index (κ2) is 6.35. The molecule has 27 heavy (non-hydrogen) atoms. The molecule has 3 N–H and O–H groups in total. The maximum absolute atomic E-state index is 10.5. The lowest BCUT2D eigenvalue weighted by molar-refractivity contribution is 0.422. The first-order chi connectivity index (χ1) is 13.2. The zero-order chi connectivity index (χ0) is 18.4. The number of benzene rings is 1. The molecule has 138 valence electrons. The summed E-state index contributed by atoms with van der Waals surface area (Å²) in [4.78, 5) is 2.25. The van der Waals surface area contributed by atoms with Gasteiger partial charge in [0.2, 0.25) is 0 Å². The van der Waals surface area contributed by atoms with Crippen LogP contribution in [0, 0.1) is 5.92 Å². The third-order valence-corrected chi connectivity index (χ3v) is 5.94. The van der Waals surface area contributed by atoms with Crippen molar-refractivity contribution in [2.75, 3.05) is 18.5 Å². The average Bonchev–Trinajstić information content (AvgIpc) is 3.45. The van der Waals surface area contributed by atoms with Gasteiger partial charge in [0.25, 0.3) is 0 Å². The highest BCUT2D eigenvalue weighted by Gasteiger charge is 2.41. The van der Waals surface area contributed by atoms with Crippen LogP contribution in [-0.4, -0.2) is 51.2 Å². The Morgan fingerprint density at radius 1 is 1.11 bits per heavy atom. The number of aromatic nitrogens is 4. The van der Waals surface area contributed by atoms with E-state index in [-0.39, 0.29) is 5.75 Å². The van der Waals surface area contributed by atoms with E-state index in [1.165, 1.54) is 12.8 Å². The standard InChI is InChI=1S/C20H22N6O/c1-26(18-8-15-6-13(18)9-21-15)20-5-4-17(24-25-20)16-3-2-12(7-19(16)27)14-10-22-23-11-14/h2-5,7,10-11,13,15,18,21,27H,6,8-9H2,1H3,(H,22,23)/t13-,15-,18-/m0/s1. The third-order valence-electron chi connectivity index (χ3n) is 5.94. The molecule has 3 aromatic rings. The van der Waals surface area contributed by atoms with Gasteiger partial charge in [-0.15, -0.1) is 10.2 Å². The number of piperidine rings is 1. The molecule has 3 atom stereocenters. The maximum Gasteiger partial charge on any atom is 0.151 e. The molecule has 1 aliphatic heterocycles. The zero-order valence-corrected chi connectivity index (χ0v) is 15.1. The van der Waals surface area contributed by atoms with Crippen LogP contribution in [0.5, 0.6) is 5.75 Å². The van der Waals surface area contributed by atoms with E-state index in [0.29, 0.717) is 29.3 Å². The second-order valence-electron chi connectivity index (χ2n) is 7.51. The number of H-pyrrole nitrogens is 1. The minimum atomic E-state index is 0.184. The zero-order valence-electron chi connectivity index (χ0n) is 15.1. The molecule has 7 heteroatoms. The third kappa shape index (κ3) is 2.84. The Labute approximate surface area is 157 Å². The molecule has 1 saturated carbocycles. The summed E-state index contributed by atoms with van der Waals surface area (Å²) < 4.78 is 0. The number of aromatic amines is 1. The molecule has 0 radical (unpaired) electrons. The average molecular weight is 362 g/mol.